The van der Waals surface area contributed by atoms with Crippen LogP contribution in [0.15, 0.2) is 41.1 Å². The van der Waals surface area contributed by atoms with Gasteiger partial charge in [-0.1, -0.05) is 6.07 Å². The Kier molecular flexibility index (Phi) is 5.34. The van der Waals surface area contributed by atoms with Crippen molar-refractivity contribution in [2.75, 3.05) is 0 Å². The molecular formula is C19H21FN2O3S. The number of furan rings is 1. The highest BCUT2D eigenvalue weighted by Crippen LogP contribution is 2.31. The van der Waals surface area contributed by atoms with Crippen molar-refractivity contribution in [1.29, 1.82) is 0 Å². The van der Waals surface area contributed by atoms with Crippen LogP contribution in [-0.2, 0) is 24.4 Å². The second-order valence-corrected chi connectivity index (χ2v) is 8.51. The lowest BCUT2D eigenvalue weighted by atomic mass is 9.99. The summed E-state index contributed by atoms with van der Waals surface area (Å²) in [6.07, 6.45) is 3.86. The van der Waals surface area contributed by atoms with Gasteiger partial charge in [0.2, 0.25) is 0 Å². The van der Waals surface area contributed by atoms with Crippen LogP contribution in [0.1, 0.15) is 31.5 Å². The molecule has 0 aliphatic carbocycles. The van der Waals surface area contributed by atoms with E-state index in [1.165, 1.54) is 6.26 Å². The number of fused-ring (bicyclic) bond motifs is 1. The van der Waals surface area contributed by atoms with Crippen molar-refractivity contribution in [3.8, 4) is 11.1 Å². The Morgan fingerprint density at radius 1 is 1.35 bits per heavy atom. The third-order valence-corrected chi connectivity index (χ3v) is 5.90. The Bertz CT molecular complexity index is 924. The molecule has 5 nitrogen and oxygen atoms in total. The third kappa shape index (κ3) is 3.61. The van der Waals surface area contributed by atoms with Crippen molar-refractivity contribution in [2.24, 2.45) is 5.14 Å². The summed E-state index contributed by atoms with van der Waals surface area (Å²) in [6, 6.07) is 6.94. The van der Waals surface area contributed by atoms with Crippen molar-refractivity contribution < 1.29 is 18.5 Å². The van der Waals surface area contributed by atoms with Crippen LogP contribution in [0, 0.1) is 5.82 Å². The molecule has 3 N–H and O–H groups in total. The van der Waals surface area contributed by atoms with Gasteiger partial charge in [0.05, 0.1) is 18.6 Å². The highest BCUT2D eigenvalue weighted by Gasteiger charge is 2.30. The summed E-state index contributed by atoms with van der Waals surface area (Å²) in [7, 11) is 0. The van der Waals surface area contributed by atoms with Crippen LogP contribution >= 0.6 is 0 Å². The molecule has 0 amide bonds. The fraction of sp³-hybridized carbons (Fsp3) is 0.316. The number of aliphatic hydroxyl groups is 1. The van der Waals surface area contributed by atoms with Crippen LogP contribution in [0.5, 0.6) is 0 Å². The summed E-state index contributed by atoms with van der Waals surface area (Å²) >= 11 is -1.50. The molecule has 1 atom stereocenters. The zero-order valence-corrected chi connectivity index (χ0v) is 15.5. The van der Waals surface area contributed by atoms with Crippen molar-refractivity contribution in [2.45, 2.75) is 38.0 Å². The molecule has 0 radical (unpaired) electrons. The molecule has 0 bridgehead atoms. The second-order valence-electron chi connectivity index (χ2n) is 6.81. The van der Waals surface area contributed by atoms with E-state index in [4.69, 9.17) is 9.56 Å². The number of rotatable bonds is 6. The smallest absolute Gasteiger partial charge is 0.152 e. The van der Waals surface area contributed by atoms with E-state index in [1.807, 2.05) is 0 Å². The number of hydrogen-bond donors (Lipinski definition) is 2. The lowest BCUT2D eigenvalue weighted by molar-refractivity contribution is 0.282. The molecule has 2 heterocycles. The normalized spacial score (nSPS) is 13.3. The van der Waals surface area contributed by atoms with Gasteiger partial charge in [-0.15, -0.1) is 0 Å². The number of halogens is 1. The summed E-state index contributed by atoms with van der Waals surface area (Å²) in [5.74, 6) is -0.403. The van der Waals surface area contributed by atoms with E-state index in [2.05, 4.69) is 4.98 Å². The molecule has 2 aromatic heterocycles. The summed E-state index contributed by atoms with van der Waals surface area (Å²) in [4.78, 5) is 4.14. The fourth-order valence-electron chi connectivity index (χ4n) is 2.78. The van der Waals surface area contributed by atoms with E-state index in [0.717, 1.165) is 5.39 Å². The quantitative estimate of drug-likeness (QED) is 0.643. The molecule has 3 aromatic rings. The Balaban J connectivity index is 1.94. The minimum Gasteiger partial charge on any atom is -0.598 e. The van der Waals surface area contributed by atoms with Gasteiger partial charge in [0.25, 0.3) is 0 Å². The number of aryl methyl sites for hydroxylation is 1. The van der Waals surface area contributed by atoms with Crippen molar-refractivity contribution in [1.82, 2.24) is 4.98 Å². The van der Waals surface area contributed by atoms with Crippen molar-refractivity contribution >= 4 is 22.3 Å². The van der Waals surface area contributed by atoms with Gasteiger partial charge in [0.15, 0.2) is 5.82 Å². The van der Waals surface area contributed by atoms with Gasteiger partial charge < -0.3 is 14.1 Å². The molecule has 0 saturated heterocycles. The van der Waals surface area contributed by atoms with E-state index in [1.54, 1.807) is 44.3 Å². The molecule has 0 saturated carbocycles. The summed E-state index contributed by atoms with van der Waals surface area (Å²) < 4.78 is 31.3. The topological polar surface area (TPSA) is 95.3 Å². The average Bonchev–Trinajstić information content (AvgIpc) is 3.03. The summed E-state index contributed by atoms with van der Waals surface area (Å²) in [6.45, 7) is 3.42. The molecule has 3 rings (SSSR count). The van der Waals surface area contributed by atoms with Crippen molar-refractivity contribution in [3.63, 3.8) is 0 Å². The first-order valence-corrected chi connectivity index (χ1v) is 9.46. The number of pyridine rings is 1. The Morgan fingerprint density at radius 3 is 2.81 bits per heavy atom. The maximum atomic E-state index is 15.0. The molecule has 26 heavy (non-hydrogen) atoms. The Morgan fingerprint density at radius 2 is 2.12 bits per heavy atom. The minimum absolute atomic E-state index is 0.147. The second kappa shape index (κ2) is 7.36. The van der Waals surface area contributed by atoms with Crippen LogP contribution in [0.25, 0.3) is 22.1 Å². The molecule has 0 spiro atoms. The van der Waals surface area contributed by atoms with Crippen LogP contribution in [-0.4, -0.2) is 19.4 Å². The summed E-state index contributed by atoms with van der Waals surface area (Å²) in [5, 5.41) is 15.6. The first-order valence-electron chi connectivity index (χ1n) is 8.24. The van der Waals surface area contributed by atoms with Crippen LogP contribution < -0.4 is 5.14 Å². The Labute approximate surface area is 154 Å². The van der Waals surface area contributed by atoms with Gasteiger partial charge in [-0.25, -0.2) is 4.39 Å². The molecule has 0 aliphatic rings. The van der Waals surface area contributed by atoms with E-state index in [0.29, 0.717) is 40.8 Å². The standard InChI is InChI=1S/C19H21FN2O3S/c1-19(2,26(21)24)7-5-16-18(20)14(6-8-22-16)12-3-4-17-15(9-12)13(10-23)11-25-17/h3-4,6,8-9,11,23H,5,7,10,21H2,1-2H3. The summed E-state index contributed by atoms with van der Waals surface area (Å²) in [5.41, 5.74) is 2.71. The first-order chi connectivity index (χ1) is 12.3. The SMILES string of the molecule is CC(C)(CCc1nccc(-c2ccc3occ(CO)c3c2)c1F)[S+](N)[O-]. The molecule has 1 unspecified atom stereocenters. The highest BCUT2D eigenvalue weighted by atomic mass is 32.2. The van der Waals surface area contributed by atoms with Crippen molar-refractivity contribution in [3.05, 3.63) is 53.8 Å². The number of hydrogen-bond acceptors (Lipinski definition) is 5. The van der Waals surface area contributed by atoms with Crippen LogP contribution in [0.4, 0.5) is 4.39 Å². The monoisotopic (exact) mass is 376 g/mol. The highest BCUT2D eigenvalue weighted by molar-refractivity contribution is 7.90. The molecule has 0 fully saturated rings. The molecule has 138 valence electrons. The zero-order valence-electron chi connectivity index (χ0n) is 14.7. The van der Waals surface area contributed by atoms with Gasteiger partial charge in [-0.3, -0.25) is 4.98 Å². The predicted octanol–water partition coefficient (Wildman–Crippen LogP) is 3.46. The van der Waals surface area contributed by atoms with Crippen LogP contribution in [0.2, 0.25) is 0 Å². The van der Waals surface area contributed by atoms with E-state index in [9.17, 15) is 9.66 Å². The number of aliphatic hydroxyl groups excluding tert-OH is 1. The molecular weight excluding hydrogens is 355 g/mol. The molecule has 1 aromatic carbocycles. The maximum Gasteiger partial charge on any atom is 0.152 e. The van der Waals surface area contributed by atoms with Gasteiger partial charge in [-0.05, 0) is 44.0 Å². The van der Waals surface area contributed by atoms with Gasteiger partial charge in [0, 0.05) is 40.5 Å². The average molecular weight is 376 g/mol. The molecule has 7 heteroatoms. The number of nitrogens with zero attached hydrogens (tertiary/aromatic N) is 1. The first kappa shape index (κ1) is 18.8. The predicted molar refractivity (Wildman–Crippen MR) is 100 cm³/mol. The lowest BCUT2D eigenvalue weighted by Gasteiger charge is -2.24. The van der Waals surface area contributed by atoms with E-state index in [-0.39, 0.29) is 6.61 Å². The number of aromatic nitrogens is 1. The lowest BCUT2D eigenvalue weighted by Crippen LogP contribution is -2.38. The van der Waals surface area contributed by atoms with E-state index >= 15 is 4.39 Å². The Hall–Kier alpha value is -1.93. The zero-order chi connectivity index (χ0) is 18.9. The number of nitrogens with two attached hydrogens (primary N) is 1. The maximum absolute atomic E-state index is 15.0. The van der Waals surface area contributed by atoms with Crippen LogP contribution in [0.3, 0.4) is 0 Å². The minimum atomic E-state index is -1.50. The van der Waals surface area contributed by atoms with E-state index < -0.39 is 21.9 Å². The largest absolute Gasteiger partial charge is 0.598 e. The van der Waals surface area contributed by atoms with Gasteiger partial charge >= 0.3 is 0 Å². The van der Waals surface area contributed by atoms with Gasteiger partial charge in [0.1, 0.15) is 10.3 Å². The van der Waals surface area contributed by atoms with Gasteiger partial charge in [-0.2, -0.15) is 5.14 Å². The fourth-order valence-corrected chi connectivity index (χ4v) is 3.08. The molecule has 0 aliphatic heterocycles. The number of benzene rings is 1. The third-order valence-electron chi connectivity index (χ3n) is 4.60.